The molecule has 2 heterocycles. The number of nitrogens with zero attached hydrogens (tertiary/aromatic N) is 2. The molecule has 0 unspecified atom stereocenters. The zero-order chi connectivity index (χ0) is 22.0. The maximum absolute atomic E-state index is 12.9. The Morgan fingerprint density at radius 2 is 1.94 bits per heavy atom. The van der Waals surface area contributed by atoms with Crippen LogP contribution in [0.1, 0.15) is 68.3 Å². The second-order valence-corrected chi connectivity index (χ2v) is 9.56. The number of benzene rings is 1. The Morgan fingerprint density at radius 3 is 2.58 bits per heavy atom. The predicted octanol–water partition coefficient (Wildman–Crippen LogP) is 3.74. The lowest BCUT2D eigenvalue weighted by Gasteiger charge is -2.33. The number of likely N-dealkylation sites (tertiary alicyclic amines) is 1. The molecule has 1 saturated heterocycles. The van der Waals surface area contributed by atoms with Gasteiger partial charge in [-0.1, -0.05) is 24.3 Å². The molecule has 1 atom stereocenters. The number of anilines is 1. The van der Waals surface area contributed by atoms with Gasteiger partial charge in [-0.2, -0.15) is 0 Å². The molecule has 6 heteroatoms. The van der Waals surface area contributed by atoms with Crippen LogP contribution in [0.2, 0.25) is 0 Å². The summed E-state index contributed by atoms with van der Waals surface area (Å²) in [6.45, 7) is 6.29. The second-order valence-electron chi connectivity index (χ2n) is 9.56. The van der Waals surface area contributed by atoms with Crippen molar-refractivity contribution in [2.24, 2.45) is 0 Å². The average molecular weight is 423 g/mol. The summed E-state index contributed by atoms with van der Waals surface area (Å²) in [7, 11) is 0. The third-order valence-corrected chi connectivity index (χ3v) is 6.92. The second kappa shape index (κ2) is 8.97. The Balaban J connectivity index is 1.44. The number of amides is 1. The van der Waals surface area contributed by atoms with Crippen LogP contribution in [-0.2, 0) is 6.54 Å². The van der Waals surface area contributed by atoms with E-state index in [0.29, 0.717) is 24.4 Å². The number of nitrogen functional groups attached to an aromatic ring is 1. The van der Waals surface area contributed by atoms with E-state index in [0.717, 1.165) is 30.5 Å². The lowest BCUT2D eigenvalue weighted by molar-refractivity contribution is 0.0140. The lowest BCUT2D eigenvalue weighted by Crippen LogP contribution is -2.42. The quantitative estimate of drug-likeness (QED) is 0.683. The van der Waals surface area contributed by atoms with Crippen molar-refractivity contribution in [3.8, 4) is 11.1 Å². The van der Waals surface area contributed by atoms with Crippen molar-refractivity contribution in [2.45, 2.75) is 76.6 Å². The minimum absolute atomic E-state index is 0.0584. The smallest absolute Gasteiger partial charge is 0.255 e. The van der Waals surface area contributed by atoms with E-state index in [4.69, 9.17) is 5.73 Å². The van der Waals surface area contributed by atoms with Gasteiger partial charge in [0.25, 0.3) is 5.91 Å². The molecular formula is C25H34N4O2. The van der Waals surface area contributed by atoms with Crippen LogP contribution in [0.4, 0.5) is 5.82 Å². The van der Waals surface area contributed by atoms with E-state index < -0.39 is 5.60 Å². The van der Waals surface area contributed by atoms with Gasteiger partial charge >= 0.3 is 0 Å². The van der Waals surface area contributed by atoms with Gasteiger partial charge in [0.05, 0.1) is 11.2 Å². The summed E-state index contributed by atoms with van der Waals surface area (Å²) in [6.07, 6.45) is 7.19. The summed E-state index contributed by atoms with van der Waals surface area (Å²) in [5, 5.41) is 13.2. The Kier molecular flexibility index (Phi) is 6.30. The molecule has 1 aromatic heterocycles. The summed E-state index contributed by atoms with van der Waals surface area (Å²) >= 11 is 0. The van der Waals surface area contributed by atoms with Gasteiger partial charge in [-0.15, -0.1) is 0 Å². The highest BCUT2D eigenvalue weighted by atomic mass is 16.3. The van der Waals surface area contributed by atoms with Crippen molar-refractivity contribution >= 4 is 11.7 Å². The van der Waals surface area contributed by atoms with Crippen molar-refractivity contribution in [3.05, 3.63) is 47.7 Å². The van der Waals surface area contributed by atoms with Crippen LogP contribution in [0, 0.1) is 0 Å². The van der Waals surface area contributed by atoms with E-state index in [1.54, 1.807) is 6.20 Å². The van der Waals surface area contributed by atoms with Crippen molar-refractivity contribution in [1.29, 1.82) is 0 Å². The number of carbonyl (C=O) groups excluding carboxylic acids is 1. The van der Waals surface area contributed by atoms with Crippen molar-refractivity contribution in [1.82, 2.24) is 15.2 Å². The van der Waals surface area contributed by atoms with Crippen LogP contribution in [0.15, 0.2) is 36.5 Å². The highest BCUT2D eigenvalue weighted by molar-refractivity contribution is 5.99. The molecule has 2 aliphatic rings. The van der Waals surface area contributed by atoms with E-state index in [-0.39, 0.29) is 17.8 Å². The molecule has 0 spiro atoms. The van der Waals surface area contributed by atoms with E-state index in [1.165, 1.54) is 24.9 Å². The molecule has 4 rings (SSSR count). The topological polar surface area (TPSA) is 91.5 Å². The molecule has 1 amide bonds. The van der Waals surface area contributed by atoms with E-state index in [9.17, 15) is 9.90 Å². The molecule has 1 aromatic carbocycles. The molecule has 166 valence electrons. The normalized spacial score (nSPS) is 26.7. The molecule has 1 aliphatic carbocycles. The number of aliphatic hydroxyl groups is 1. The molecule has 1 aliphatic heterocycles. The van der Waals surface area contributed by atoms with Gasteiger partial charge in [0.1, 0.15) is 5.82 Å². The van der Waals surface area contributed by atoms with E-state index >= 15 is 0 Å². The fourth-order valence-corrected chi connectivity index (χ4v) is 4.73. The first-order valence-corrected chi connectivity index (χ1v) is 11.4. The minimum Gasteiger partial charge on any atom is -0.390 e. The summed E-state index contributed by atoms with van der Waals surface area (Å²) in [5.41, 5.74) is 9.01. The molecular weight excluding hydrogens is 388 g/mol. The standard InChI is InChI=1S/C25H34N4O2/c1-17-4-3-13-29(17)16-18-5-7-19(8-6-18)20-14-22(23(26)27-15-20)24(30)28-21-9-11-25(2,31)12-10-21/h5-8,14-15,17,21,31H,3-4,9-13,16H2,1-2H3,(H2,26,27)(H,28,30)/t17-,21-,25-/m1/s1. The molecule has 2 fully saturated rings. The van der Waals surface area contributed by atoms with Crippen LogP contribution in [0.5, 0.6) is 0 Å². The highest BCUT2D eigenvalue weighted by Crippen LogP contribution is 2.29. The summed E-state index contributed by atoms with van der Waals surface area (Å²) in [5.74, 6) is 0.0433. The van der Waals surface area contributed by atoms with Crippen LogP contribution in [0.25, 0.3) is 11.1 Å². The fraction of sp³-hybridized carbons (Fsp3) is 0.520. The number of aromatic nitrogens is 1. The van der Waals surface area contributed by atoms with E-state index in [1.807, 2.05) is 13.0 Å². The maximum atomic E-state index is 12.9. The van der Waals surface area contributed by atoms with Crippen LogP contribution in [0.3, 0.4) is 0 Å². The largest absolute Gasteiger partial charge is 0.390 e. The Labute approximate surface area is 184 Å². The summed E-state index contributed by atoms with van der Waals surface area (Å²) in [6, 6.07) is 11.0. The van der Waals surface area contributed by atoms with Crippen LogP contribution in [-0.4, -0.2) is 45.1 Å². The molecule has 0 radical (unpaired) electrons. The number of hydrogen-bond donors (Lipinski definition) is 3. The zero-order valence-electron chi connectivity index (χ0n) is 18.6. The lowest BCUT2D eigenvalue weighted by atomic mass is 9.83. The fourth-order valence-electron chi connectivity index (χ4n) is 4.73. The van der Waals surface area contributed by atoms with Crippen LogP contribution < -0.4 is 11.1 Å². The van der Waals surface area contributed by atoms with Gasteiger partial charge in [0.2, 0.25) is 0 Å². The van der Waals surface area contributed by atoms with Gasteiger partial charge in [0, 0.05) is 30.4 Å². The monoisotopic (exact) mass is 422 g/mol. The molecule has 6 nitrogen and oxygen atoms in total. The van der Waals surface area contributed by atoms with Gasteiger partial charge in [-0.3, -0.25) is 9.69 Å². The SMILES string of the molecule is C[C@@H]1CCCN1Cc1ccc(-c2cnc(N)c(C(=O)N[C@H]3CC[C@](C)(O)CC3)c2)cc1. The number of nitrogens with one attached hydrogen (secondary N) is 1. The van der Waals surface area contributed by atoms with Crippen LogP contribution >= 0.6 is 0 Å². The molecule has 1 saturated carbocycles. The molecule has 2 aromatic rings. The maximum Gasteiger partial charge on any atom is 0.255 e. The summed E-state index contributed by atoms with van der Waals surface area (Å²) in [4.78, 5) is 19.7. The van der Waals surface area contributed by atoms with Crippen molar-refractivity contribution in [3.63, 3.8) is 0 Å². The third-order valence-electron chi connectivity index (χ3n) is 6.92. The molecule has 0 bridgehead atoms. The van der Waals surface area contributed by atoms with Gasteiger partial charge in [0.15, 0.2) is 0 Å². The zero-order valence-corrected chi connectivity index (χ0v) is 18.6. The number of hydrogen-bond acceptors (Lipinski definition) is 5. The first-order valence-electron chi connectivity index (χ1n) is 11.4. The number of rotatable bonds is 5. The Morgan fingerprint density at radius 1 is 1.23 bits per heavy atom. The third kappa shape index (κ3) is 5.25. The predicted molar refractivity (Wildman–Crippen MR) is 124 cm³/mol. The first kappa shape index (κ1) is 21.8. The van der Waals surface area contributed by atoms with Crippen molar-refractivity contribution < 1.29 is 9.90 Å². The average Bonchev–Trinajstić information content (AvgIpc) is 3.15. The van der Waals surface area contributed by atoms with Gasteiger partial charge in [-0.25, -0.2) is 4.98 Å². The summed E-state index contributed by atoms with van der Waals surface area (Å²) < 4.78 is 0. The number of nitrogens with two attached hydrogens (primary N) is 1. The van der Waals surface area contributed by atoms with Gasteiger partial charge < -0.3 is 16.2 Å². The number of pyridine rings is 1. The highest BCUT2D eigenvalue weighted by Gasteiger charge is 2.30. The van der Waals surface area contributed by atoms with E-state index in [2.05, 4.69) is 46.4 Å². The van der Waals surface area contributed by atoms with Crippen molar-refractivity contribution in [2.75, 3.05) is 12.3 Å². The first-order chi connectivity index (χ1) is 14.8. The molecule has 31 heavy (non-hydrogen) atoms. The minimum atomic E-state index is -0.624. The molecule has 4 N–H and O–H groups in total. The van der Waals surface area contributed by atoms with Gasteiger partial charge in [-0.05, 0) is 76.1 Å². The Bertz CT molecular complexity index is 916. The number of carbonyl (C=O) groups is 1. The Hall–Kier alpha value is -2.44.